The highest BCUT2D eigenvalue weighted by atomic mass is 32.1. The van der Waals surface area contributed by atoms with Crippen molar-refractivity contribution in [2.45, 2.75) is 54.6 Å². The molecule has 0 bridgehead atoms. The second-order valence-corrected chi connectivity index (χ2v) is 6.79. The van der Waals surface area contributed by atoms with Gasteiger partial charge in [-0.05, 0) is 37.4 Å². The van der Waals surface area contributed by atoms with Gasteiger partial charge in [0.25, 0.3) is 0 Å². The van der Waals surface area contributed by atoms with Crippen molar-refractivity contribution in [3.8, 4) is 0 Å². The van der Waals surface area contributed by atoms with Crippen LogP contribution < -0.4 is 0 Å². The number of rotatable bonds is 3. The molecular weight excluding hydrogens is 256 g/mol. The zero-order valence-electron chi connectivity index (χ0n) is 12.7. The summed E-state index contributed by atoms with van der Waals surface area (Å²) in [7, 11) is 0. The van der Waals surface area contributed by atoms with Crippen LogP contribution in [0.25, 0.3) is 11.2 Å². The van der Waals surface area contributed by atoms with Gasteiger partial charge >= 0.3 is 0 Å². The first-order valence-corrected chi connectivity index (χ1v) is 7.32. The quantitative estimate of drug-likeness (QED) is 0.866. The Morgan fingerprint density at radius 2 is 2.00 bits per heavy atom. The molecule has 19 heavy (non-hydrogen) atoms. The van der Waals surface area contributed by atoms with Gasteiger partial charge in [-0.2, -0.15) is 5.10 Å². The zero-order valence-corrected chi connectivity index (χ0v) is 13.6. The minimum atomic E-state index is 0.268. The largest absolute Gasteiger partial charge is 0.328 e. The Labute approximate surface area is 119 Å². The Balaban J connectivity index is 2.54. The Morgan fingerprint density at radius 3 is 2.53 bits per heavy atom. The van der Waals surface area contributed by atoms with E-state index in [2.05, 4.69) is 49.3 Å². The molecule has 0 saturated heterocycles. The van der Waals surface area contributed by atoms with Crippen molar-refractivity contribution in [3.63, 3.8) is 0 Å². The van der Waals surface area contributed by atoms with Crippen LogP contribution in [-0.2, 0) is 13.1 Å². The third-order valence-electron chi connectivity index (χ3n) is 4.07. The smallest absolute Gasteiger partial charge is 0.179 e. The SMILES string of the molecule is CCn1nc(C)c2[nH]c(=S)n(CC(C)C(C)(C)C)c21. The monoisotopic (exact) mass is 280 g/mol. The Hall–Kier alpha value is -1.10. The van der Waals surface area contributed by atoms with E-state index in [1.807, 2.05) is 11.6 Å². The molecule has 2 rings (SSSR count). The van der Waals surface area contributed by atoms with Gasteiger partial charge in [0.1, 0.15) is 5.52 Å². The second-order valence-electron chi connectivity index (χ2n) is 6.41. The average molecular weight is 280 g/mol. The van der Waals surface area contributed by atoms with Crippen molar-refractivity contribution in [2.75, 3.05) is 0 Å². The van der Waals surface area contributed by atoms with Gasteiger partial charge in [0.2, 0.25) is 0 Å². The number of hydrogen-bond donors (Lipinski definition) is 1. The zero-order chi connectivity index (χ0) is 14.4. The van der Waals surface area contributed by atoms with Gasteiger partial charge in [-0.15, -0.1) is 0 Å². The van der Waals surface area contributed by atoms with Crippen molar-refractivity contribution in [1.29, 1.82) is 0 Å². The molecule has 0 aliphatic carbocycles. The molecule has 0 saturated carbocycles. The van der Waals surface area contributed by atoms with Crippen molar-refractivity contribution in [2.24, 2.45) is 11.3 Å². The molecule has 1 unspecified atom stereocenters. The predicted octanol–water partition coefficient (Wildman–Crippen LogP) is 3.91. The fourth-order valence-electron chi connectivity index (χ4n) is 2.20. The molecule has 1 N–H and O–H groups in total. The molecule has 0 aliphatic rings. The number of aromatic amines is 1. The third-order valence-corrected chi connectivity index (χ3v) is 4.39. The maximum absolute atomic E-state index is 5.48. The van der Waals surface area contributed by atoms with E-state index < -0.39 is 0 Å². The first-order chi connectivity index (χ1) is 8.75. The van der Waals surface area contributed by atoms with E-state index in [0.717, 1.165) is 34.7 Å². The lowest BCUT2D eigenvalue weighted by molar-refractivity contribution is 0.233. The Morgan fingerprint density at radius 1 is 1.37 bits per heavy atom. The summed E-state index contributed by atoms with van der Waals surface area (Å²) in [6.07, 6.45) is 0. The number of imidazole rings is 1. The maximum Gasteiger partial charge on any atom is 0.179 e. The summed E-state index contributed by atoms with van der Waals surface area (Å²) in [4.78, 5) is 3.30. The minimum absolute atomic E-state index is 0.268. The molecule has 4 nitrogen and oxygen atoms in total. The van der Waals surface area contributed by atoms with E-state index in [1.54, 1.807) is 0 Å². The number of H-pyrrole nitrogens is 1. The fraction of sp³-hybridized carbons (Fsp3) is 0.714. The van der Waals surface area contributed by atoms with Gasteiger partial charge in [0.05, 0.1) is 5.69 Å². The number of aryl methyl sites for hydroxylation is 2. The fourth-order valence-corrected chi connectivity index (χ4v) is 2.46. The van der Waals surface area contributed by atoms with Crippen LogP contribution in [0.1, 0.15) is 40.3 Å². The normalized spacial score (nSPS) is 14.2. The molecule has 0 fully saturated rings. The van der Waals surface area contributed by atoms with Crippen molar-refractivity contribution >= 4 is 23.4 Å². The summed E-state index contributed by atoms with van der Waals surface area (Å²) in [5, 5.41) is 4.56. The number of aromatic nitrogens is 4. The summed E-state index contributed by atoms with van der Waals surface area (Å²) >= 11 is 5.48. The standard InChI is InChI=1S/C14H24N4S/c1-7-18-12-11(10(3)16-18)15-13(19)17(12)8-9(2)14(4,5)6/h9H,7-8H2,1-6H3,(H,15,19). The van der Waals surface area contributed by atoms with Crippen molar-refractivity contribution < 1.29 is 0 Å². The summed E-state index contributed by atoms with van der Waals surface area (Å²) in [5.41, 5.74) is 3.49. The molecule has 106 valence electrons. The van der Waals surface area contributed by atoms with E-state index in [0.29, 0.717) is 5.92 Å². The van der Waals surface area contributed by atoms with Crippen LogP contribution in [0.15, 0.2) is 0 Å². The Bertz CT molecular complexity index is 639. The van der Waals surface area contributed by atoms with E-state index in [9.17, 15) is 0 Å². The first-order valence-electron chi connectivity index (χ1n) is 6.91. The maximum atomic E-state index is 5.48. The molecule has 0 amide bonds. The number of hydrogen-bond acceptors (Lipinski definition) is 2. The van der Waals surface area contributed by atoms with Crippen molar-refractivity contribution in [3.05, 3.63) is 10.5 Å². The third kappa shape index (κ3) is 2.48. The Kier molecular flexibility index (Phi) is 3.60. The van der Waals surface area contributed by atoms with Crippen LogP contribution in [0.3, 0.4) is 0 Å². The molecule has 0 radical (unpaired) electrons. The highest BCUT2D eigenvalue weighted by Crippen LogP contribution is 2.28. The van der Waals surface area contributed by atoms with E-state index in [4.69, 9.17) is 12.2 Å². The van der Waals surface area contributed by atoms with E-state index in [-0.39, 0.29) is 5.41 Å². The lowest BCUT2D eigenvalue weighted by atomic mass is 9.82. The topological polar surface area (TPSA) is 38.5 Å². The molecule has 0 aliphatic heterocycles. The highest BCUT2D eigenvalue weighted by molar-refractivity contribution is 7.71. The first kappa shape index (κ1) is 14.3. The minimum Gasteiger partial charge on any atom is -0.328 e. The van der Waals surface area contributed by atoms with Crippen molar-refractivity contribution in [1.82, 2.24) is 19.3 Å². The van der Waals surface area contributed by atoms with Crippen LogP contribution in [0, 0.1) is 23.0 Å². The molecule has 2 heterocycles. The average Bonchev–Trinajstić information content (AvgIpc) is 2.77. The van der Waals surface area contributed by atoms with Crippen LogP contribution in [0.4, 0.5) is 0 Å². The van der Waals surface area contributed by atoms with Crippen LogP contribution in [0.2, 0.25) is 0 Å². The van der Waals surface area contributed by atoms with Crippen LogP contribution >= 0.6 is 12.2 Å². The molecular formula is C14H24N4S. The lowest BCUT2D eigenvalue weighted by Gasteiger charge is -2.27. The van der Waals surface area contributed by atoms with Gasteiger partial charge < -0.3 is 9.55 Å². The van der Waals surface area contributed by atoms with Gasteiger partial charge in [-0.1, -0.05) is 27.7 Å². The summed E-state index contributed by atoms with van der Waals surface area (Å²) in [6, 6.07) is 0. The van der Waals surface area contributed by atoms with Gasteiger partial charge in [0.15, 0.2) is 10.4 Å². The predicted molar refractivity (Wildman–Crippen MR) is 81.9 cm³/mol. The summed E-state index contributed by atoms with van der Waals surface area (Å²) < 4.78 is 5.03. The summed E-state index contributed by atoms with van der Waals surface area (Å²) in [5.74, 6) is 0.540. The number of fused-ring (bicyclic) bond motifs is 1. The van der Waals surface area contributed by atoms with Crippen LogP contribution in [0.5, 0.6) is 0 Å². The number of nitrogens with one attached hydrogen (secondary N) is 1. The molecule has 0 aromatic carbocycles. The summed E-state index contributed by atoms with van der Waals surface area (Å²) in [6.45, 7) is 15.0. The van der Waals surface area contributed by atoms with Gasteiger partial charge in [0, 0.05) is 13.1 Å². The molecule has 2 aromatic rings. The van der Waals surface area contributed by atoms with Gasteiger partial charge in [-0.25, -0.2) is 4.68 Å². The lowest BCUT2D eigenvalue weighted by Crippen LogP contribution is -2.23. The number of nitrogens with zero attached hydrogens (tertiary/aromatic N) is 3. The molecule has 1 atom stereocenters. The van der Waals surface area contributed by atoms with E-state index in [1.165, 1.54) is 0 Å². The van der Waals surface area contributed by atoms with Gasteiger partial charge in [-0.3, -0.25) is 0 Å². The highest BCUT2D eigenvalue weighted by Gasteiger charge is 2.23. The second kappa shape index (κ2) is 4.78. The molecule has 5 heteroatoms. The van der Waals surface area contributed by atoms with Crippen LogP contribution in [-0.4, -0.2) is 19.3 Å². The molecule has 0 spiro atoms. The van der Waals surface area contributed by atoms with E-state index >= 15 is 0 Å². The molecule has 2 aromatic heterocycles.